The van der Waals surface area contributed by atoms with Crippen LogP contribution < -0.4 is 0 Å². The van der Waals surface area contributed by atoms with E-state index in [1.807, 2.05) is 26.8 Å². The monoisotopic (exact) mass is 270 g/mol. The maximum atomic E-state index is 12.9. The average Bonchev–Trinajstić information content (AvgIpc) is 2.63. The lowest BCUT2D eigenvalue weighted by atomic mass is 9.84. The number of ketones is 1. The van der Waals surface area contributed by atoms with Gasteiger partial charge in [0.1, 0.15) is 5.76 Å². The average molecular weight is 270 g/mol. The van der Waals surface area contributed by atoms with Crippen LogP contribution in [0.5, 0.6) is 0 Å². The molecule has 0 radical (unpaired) electrons. The molecule has 0 aromatic heterocycles. The fourth-order valence-electron chi connectivity index (χ4n) is 3.15. The van der Waals surface area contributed by atoms with Gasteiger partial charge in [0, 0.05) is 5.56 Å². The van der Waals surface area contributed by atoms with Crippen molar-refractivity contribution in [3.05, 3.63) is 52.8 Å². The van der Waals surface area contributed by atoms with E-state index in [2.05, 4.69) is 26.1 Å². The van der Waals surface area contributed by atoms with Gasteiger partial charge in [-0.25, -0.2) is 0 Å². The molecule has 1 aliphatic carbocycles. The van der Waals surface area contributed by atoms with Crippen molar-refractivity contribution in [3.8, 4) is 0 Å². The molecule has 20 heavy (non-hydrogen) atoms. The molecule has 0 amide bonds. The molecule has 106 valence electrons. The van der Waals surface area contributed by atoms with Gasteiger partial charge >= 0.3 is 0 Å². The van der Waals surface area contributed by atoms with Crippen LogP contribution in [0, 0.1) is 19.3 Å². The van der Waals surface area contributed by atoms with Crippen molar-refractivity contribution >= 4 is 11.9 Å². The molecule has 1 aliphatic rings. The van der Waals surface area contributed by atoms with E-state index in [4.69, 9.17) is 4.74 Å². The van der Waals surface area contributed by atoms with Crippen LogP contribution in [0.4, 0.5) is 0 Å². The lowest BCUT2D eigenvalue weighted by Gasteiger charge is -2.24. The largest absolute Gasteiger partial charge is 0.498 e. The van der Waals surface area contributed by atoms with E-state index >= 15 is 0 Å². The summed E-state index contributed by atoms with van der Waals surface area (Å²) in [4.78, 5) is 12.9. The standard InChI is InChI=1S/C18H22O2/c1-7-15-11(3)9-14-10-18(6,13(5)20-8-2)17(19)16(14)12(15)4/h7,9H,1,5,8,10H2,2-4,6H3. The summed E-state index contributed by atoms with van der Waals surface area (Å²) in [6.45, 7) is 16.2. The molecule has 0 spiro atoms. The van der Waals surface area contributed by atoms with Crippen molar-refractivity contribution in [1.82, 2.24) is 0 Å². The van der Waals surface area contributed by atoms with E-state index in [0.717, 1.165) is 27.8 Å². The second-order valence-corrected chi connectivity index (χ2v) is 5.66. The summed E-state index contributed by atoms with van der Waals surface area (Å²) < 4.78 is 5.52. The number of Topliss-reactive ketones (excluding diaryl/α,β-unsaturated/α-hetero) is 1. The third-order valence-electron chi connectivity index (χ3n) is 4.33. The van der Waals surface area contributed by atoms with Gasteiger partial charge in [0.2, 0.25) is 0 Å². The maximum absolute atomic E-state index is 12.9. The van der Waals surface area contributed by atoms with Gasteiger partial charge in [-0.1, -0.05) is 25.3 Å². The van der Waals surface area contributed by atoms with E-state index in [1.54, 1.807) is 0 Å². The van der Waals surface area contributed by atoms with E-state index in [0.29, 0.717) is 18.8 Å². The van der Waals surface area contributed by atoms with Crippen molar-refractivity contribution in [3.63, 3.8) is 0 Å². The highest BCUT2D eigenvalue weighted by molar-refractivity contribution is 6.08. The zero-order chi connectivity index (χ0) is 15.1. The van der Waals surface area contributed by atoms with Crippen molar-refractivity contribution in [2.24, 2.45) is 5.41 Å². The third-order valence-corrected chi connectivity index (χ3v) is 4.33. The van der Waals surface area contributed by atoms with E-state index < -0.39 is 5.41 Å². The second kappa shape index (κ2) is 4.93. The Balaban J connectivity index is 2.57. The molecule has 1 atom stereocenters. The third kappa shape index (κ3) is 1.91. The second-order valence-electron chi connectivity index (χ2n) is 5.66. The number of hydrogen-bond donors (Lipinski definition) is 0. The minimum atomic E-state index is -0.644. The number of hydrogen-bond acceptors (Lipinski definition) is 2. The van der Waals surface area contributed by atoms with Crippen LogP contribution in [0.3, 0.4) is 0 Å². The summed E-state index contributed by atoms with van der Waals surface area (Å²) in [6.07, 6.45) is 2.49. The van der Waals surface area contributed by atoms with Crippen molar-refractivity contribution in [2.75, 3.05) is 6.61 Å². The SMILES string of the molecule is C=Cc1c(C)cc2c(c1C)C(=O)C(C)(C(=C)OCC)C2. The lowest BCUT2D eigenvalue weighted by Crippen LogP contribution is -2.27. The minimum absolute atomic E-state index is 0.117. The first kappa shape index (κ1) is 14.6. The molecule has 1 aromatic rings. The molecule has 0 heterocycles. The van der Waals surface area contributed by atoms with Gasteiger partial charge in [0.15, 0.2) is 5.78 Å². The Morgan fingerprint density at radius 2 is 2.15 bits per heavy atom. The highest BCUT2D eigenvalue weighted by Crippen LogP contribution is 2.44. The highest BCUT2D eigenvalue weighted by Gasteiger charge is 2.46. The van der Waals surface area contributed by atoms with Crippen LogP contribution in [-0.4, -0.2) is 12.4 Å². The molecular weight excluding hydrogens is 248 g/mol. The first-order valence-electron chi connectivity index (χ1n) is 6.99. The fraction of sp³-hybridized carbons (Fsp3) is 0.389. The van der Waals surface area contributed by atoms with Crippen molar-refractivity contribution in [1.29, 1.82) is 0 Å². The van der Waals surface area contributed by atoms with Crippen molar-refractivity contribution in [2.45, 2.75) is 34.1 Å². The molecule has 2 nitrogen and oxygen atoms in total. The summed E-state index contributed by atoms with van der Waals surface area (Å²) in [5, 5.41) is 0. The number of ether oxygens (including phenoxy) is 1. The Kier molecular flexibility index (Phi) is 3.59. The molecule has 0 N–H and O–H groups in total. The van der Waals surface area contributed by atoms with Gasteiger partial charge in [-0.05, 0) is 56.4 Å². The number of aryl methyl sites for hydroxylation is 1. The zero-order valence-corrected chi connectivity index (χ0v) is 12.8. The minimum Gasteiger partial charge on any atom is -0.498 e. The Morgan fingerprint density at radius 3 is 2.70 bits per heavy atom. The predicted octanol–water partition coefficient (Wildman–Crippen LogP) is 4.24. The van der Waals surface area contributed by atoms with Crippen LogP contribution in [0.15, 0.2) is 25.0 Å². The van der Waals surface area contributed by atoms with Crippen LogP contribution in [0.1, 0.15) is 46.5 Å². The molecular formula is C18H22O2. The normalized spacial score (nSPS) is 20.7. The van der Waals surface area contributed by atoms with Crippen LogP contribution in [-0.2, 0) is 11.2 Å². The molecule has 0 bridgehead atoms. The van der Waals surface area contributed by atoms with Gasteiger partial charge in [0.05, 0.1) is 12.0 Å². The smallest absolute Gasteiger partial charge is 0.177 e. The van der Waals surface area contributed by atoms with Gasteiger partial charge < -0.3 is 4.74 Å². The molecule has 0 aliphatic heterocycles. The Hall–Kier alpha value is -1.83. The van der Waals surface area contributed by atoms with E-state index in [1.165, 1.54) is 0 Å². The number of carbonyl (C=O) groups excluding carboxylic acids is 1. The molecule has 0 fully saturated rings. The Bertz CT molecular complexity index is 610. The number of rotatable bonds is 4. The zero-order valence-electron chi connectivity index (χ0n) is 12.8. The lowest BCUT2D eigenvalue weighted by molar-refractivity contribution is 0.0772. The Morgan fingerprint density at radius 1 is 1.50 bits per heavy atom. The number of allylic oxidation sites excluding steroid dienone is 1. The molecule has 1 aromatic carbocycles. The highest BCUT2D eigenvalue weighted by atomic mass is 16.5. The first-order chi connectivity index (χ1) is 9.36. The summed E-state index contributed by atoms with van der Waals surface area (Å²) in [5.74, 6) is 0.685. The quantitative estimate of drug-likeness (QED) is 0.765. The first-order valence-corrected chi connectivity index (χ1v) is 6.99. The molecule has 2 rings (SSSR count). The molecule has 2 heteroatoms. The summed E-state index contributed by atoms with van der Waals surface area (Å²) in [5.41, 5.74) is 4.52. The Labute approximate surface area is 121 Å². The van der Waals surface area contributed by atoms with Gasteiger partial charge in [-0.3, -0.25) is 4.79 Å². The van der Waals surface area contributed by atoms with Crippen LogP contribution in [0.25, 0.3) is 6.08 Å². The number of carbonyl (C=O) groups is 1. The van der Waals surface area contributed by atoms with Gasteiger partial charge in [-0.15, -0.1) is 0 Å². The molecule has 0 saturated heterocycles. The van der Waals surface area contributed by atoms with Crippen LogP contribution in [0.2, 0.25) is 0 Å². The summed E-state index contributed by atoms with van der Waals surface area (Å²) in [6, 6.07) is 2.10. The van der Waals surface area contributed by atoms with E-state index in [-0.39, 0.29) is 5.78 Å². The fourth-order valence-corrected chi connectivity index (χ4v) is 3.15. The van der Waals surface area contributed by atoms with Gasteiger partial charge in [0.25, 0.3) is 0 Å². The summed E-state index contributed by atoms with van der Waals surface area (Å²) >= 11 is 0. The van der Waals surface area contributed by atoms with E-state index in [9.17, 15) is 4.79 Å². The van der Waals surface area contributed by atoms with Gasteiger partial charge in [-0.2, -0.15) is 0 Å². The molecule has 0 saturated carbocycles. The topological polar surface area (TPSA) is 26.3 Å². The number of benzene rings is 1. The van der Waals surface area contributed by atoms with Crippen LogP contribution >= 0.6 is 0 Å². The predicted molar refractivity (Wildman–Crippen MR) is 82.9 cm³/mol. The molecule has 1 unspecified atom stereocenters. The maximum Gasteiger partial charge on any atom is 0.177 e. The summed E-state index contributed by atoms with van der Waals surface area (Å²) in [7, 11) is 0. The number of fused-ring (bicyclic) bond motifs is 1. The van der Waals surface area contributed by atoms with Crippen molar-refractivity contribution < 1.29 is 9.53 Å².